The number of carbonyl (C=O) groups is 1. The zero-order valence-corrected chi connectivity index (χ0v) is 10.9. The lowest BCUT2D eigenvalue weighted by atomic mass is 9.82. The molecule has 1 aliphatic heterocycles. The van der Waals surface area contributed by atoms with E-state index < -0.39 is 0 Å². The summed E-state index contributed by atoms with van der Waals surface area (Å²) in [6.45, 7) is 3.12. The first-order valence-electron chi connectivity index (χ1n) is 5.87. The Kier molecular flexibility index (Phi) is 3.53. The highest BCUT2D eigenvalue weighted by Gasteiger charge is 2.32. The molecule has 2 rings (SSSR count). The van der Waals surface area contributed by atoms with E-state index in [9.17, 15) is 4.79 Å². The second kappa shape index (κ2) is 4.95. The molecule has 0 bridgehead atoms. The van der Waals surface area contributed by atoms with Gasteiger partial charge in [-0.2, -0.15) is 5.26 Å². The summed E-state index contributed by atoms with van der Waals surface area (Å²) in [5.41, 5.74) is 0.120. The number of hydrogen-bond donors (Lipinski definition) is 0. The highest BCUT2D eigenvalue weighted by Crippen LogP contribution is 2.30. The summed E-state index contributed by atoms with van der Waals surface area (Å²) in [4.78, 5) is 17.9. The number of carbonyl (C=O) groups excluding carboxylic acids is 1. The van der Waals surface area contributed by atoms with E-state index in [2.05, 4.69) is 11.1 Å². The predicted molar refractivity (Wildman–Crippen MR) is 68.1 cm³/mol. The molecule has 94 valence electrons. The number of halogens is 1. The SMILES string of the molecule is CC1(C#N)CCN(C(=O)c2cccnc2Cl)CC1. The third-order valence-corrected chi connectivity index (χ3v) is 3.71. The van der Waals surface area contributed by atoms with E-state index >= 15 is 0 Å². The third-order valence-electron chi connectivity index (χ3n) is 3.41. The van der Waals surface area contributed by atoms with Crippen LogP contribution in [0.2, 0.25) is 5.15 Å². The zero-order valence-electron chi connectivity index (χ0n) is 10.2. The van der Waals surface area contributed by atoms with Crippen LogP contribution in [0, 0.1) is 16.7 Å². The van der Waals surface area contributed by atoms with Crippen LogP contribution in [0.3, 0.4) is 0 Å². The Bertz CT molecular complexity index is 501. The highest BCUT2D eigenvalue weighted by molar-refractivity contribution is 6.32. The van der Waals surface area contributed by atoms with Crippen LogP contribution >= 0.6 is 11.6 Å². The van der Waals surface area contributed by atoms with Crippen molar-refractivity contribution >= 4 is 17.5 Å². The predicted octanol–water partition coefficient (Wildman–Crippen LogP) is 2.50. The van der Waals surface area contributed by atoms with E-state index in [1.807, 2.05) is 6.92 Å². The highest BCUT2D eigenvalue weighted by atomic mass is 35.5. The van der Waals surface area contributed by atoms with Gasteiger partial charge in [0.15, 0.2) is 0 Å². The summed E-state index contributed by atoms with van der Waals surface area (Å²) in [5.74, 6) is -0.104. The molecule has 1 fully saturated rings. The number of likely N-dealkylation sites (tertiary alicyclic amines) is 1. The monoisotopic (exact) mass is 263 g/mol. The number of piperidine rings is 1. The number of amides is 1. The molecular formula is C13H14ClN3O. The molecule has 1 amide bonds. The van der Waals surface area contributed by atoms with Crippen molar-refractivity contribution in [3.8, 4) is 6.07 Å². The molecule has 0 radical (unpaired) electrons. The fourth-order valence-corrected chi connectivity index (χ4v) is 2.23. The van der Waals surface area contributed by atoms with Crippen LogP contribution in [0.1, 0.15) is 30.1 Å². The Hall–Kier alpha value is -1.60. The van der Waals surface area contributed by atoms with Crippen molar-refractivity contribution in [2.75, 3.05) is 13.1 Å². The van der Waals surface area contributed by atoms with E-state index in [0.717, 1.165) is 0 Å². The molecule has 0 spiro atoms. The van der Waals surface area contributed by atoms with Gasteiger partial charge in [0.1, 0.15) is 5.15 Å². The van der Waals surface area contributed by atoms with Crippen molar-refractivity contribution in [2.24, 2.45) is 5.41 Å². The van der Waals surface area contributed by atoms with E-state index in [1.165, 1.54) is 0 Å². The van der Waals surface area contributed by atoms with Crippen molar-refractivity contribution in [1.82, 2.24) is 9.88 Å². The Morgan fingerprint density at radius 3 is 2.78 bits per heavy atom. The van der Waals surface area contributed by atoms with Crippen LogP contribution in [-0.4, -0.2) is 28.9 Å². The molecule has 0 atom stereocenters. The van der Waals surface area contributed by atoms with Crippen LogP contribution in [0.15, 0.2) is 18.3 Å². The molecule has 2 heterocycles. The van der Waals surface area contributed by atoms with Crippen molar-refractivity contribution in [2.45, 2.75) is 19.8 Å². The first kappa shape index (κ1) is 12.8. The van der Waals surface area contributed by atoms with Gasteiger partial charge in [0.25, 0.3) is 5.91 Å². The zero-order chi connectivity index (χ0) is 13.2. The van der Waals surface area contributed by atoms with E-state index in [-0.39, 0.29) is 16.5 Å². The standard InChI is InChI=1S/C13H14ClN3O/c1-13(9-15)4-7-17(8-5-13)12(18)10-3-2-6-16-11(10)14/h2-3,6H,4-5,7-8H2,1H3. The largest absolute Gasteiger partial charge is 0.338 e. The van der Waals surface area contributed by atoms with E-state index in [0.29, 0.717) is 31.5 Å². The maximum atomic E-state index is 12.2. The van der Waals surface area contributed by atoms with Crippen LogP contribution in [0.25, 0.3) is 0 Å². The normalized spacial score (nSPS) is 18.2. The number of nitrogens with zero attached hydrogens (tertiary/aromatic N) is 3. The van der Waals surface area contributed by atoms with Crippen LogP contribution < -0.4 is 0 Å². The Morgan fingerprint density at radius 2 is 2.22 bits per heavy atom. The first-order chi connectivity index (χ1) is 8.56. The van der Waals surface area contributed by atoms with Gasteiger partial charge in [0.05, 0.1) is 17.0 Å². The molecular weight excluding hydrogens is 250 g/mol. The first-order valence-corrected chi connectivity index (χ1v) is 6.24. The number of hydrogen-bond acceptors (Lipinski definition) is 3. The molecule has 0 aromatic carbocycles. The number of pyridine rings is 1. The molecule has 1 saturated heterocycles. The van der Waals surface area contributed by atoms with Gasteiger partial charge in [-0.25, -0.2) is 4.98 Å². The number of nitriles is 1. The molecule has 0 N–H and O–H groups in total. The van der Waals surface area contributed by atoms with E-state index in [4.69, 9.17) is 16.9 Å². The second-order valence-electron chi connectivity index (χ2n) is 4.81. The summed E-state index contributed by atoms with van der Waals surface area (Å²) in [5, 5.41) is 9.28. The summed E-state index contributed by atoms with van der Waals surface area (Å²) in [6, 6.07) is 5.69. The number of rotatable bonds is 1. The molecule has 4 nitrogen and oxygen atoms in total. The Labute approximate surface area is 111 Å². The summed E-state index contributed by atoms with van der Waals surface area (Å²) in [6.07, 6.45) is 2.96. The van der Waals surface area contributed by atoms with Crippen LogP contribution in [-0.2, 0) is 0 Å². The van der Waals surface area contributed by atoms with Crippen LogP contribution in [0.5, 0.6) is 0 Å². The van der Waals surface area contributed by atoms with Crippen LogP contribution in [0.4, 0.5) is 0 Å². The van der Waals surface area contributed by atoms with Crippen molar-refractivity contribution < 1.29 is 4.79 Å². The van der Waals surface area contributed by atoms with Gasteiger partial charge in [-0.1, -0.05) is 11.6 Å². The fraction of sp³-hybridized carbons (Fsp3) is 0.462. The smallest absolute Gasteiger partial charge is 0.256 e. The van der Waals surface area contributed by atoms with Gasteiger partial charge >= 0.3 is 0 Å². The van der Waals surface area contributed by atoms with Gasteiger partial charge in [0.2, 0.25) is 0 Å². The number of aromatic nitrogens is 1. The fourth-order valence-electron chi connectivity index (χ4n) is 2.03. The molecule has 1 aromatic rings. The van der Waals surface area contributed by atoms with Crippen molar-refractivity contribution in [3.63, 3.8) is 0 Å². The van der Waals surface area contributed by atoms with Crippen molar-refractivity contribution in [3.05, 3.63) is 29.0 Å². The molecule has 0 aliphatic carbocycles. The molecule has 1 aromatic heterocycles. The van der Waals surface area contributed by atoms with Gasteiger partial charge in [0, 0.05) is 19.3 Å². The molecule has 5 heteroatoms. The van der Waals surface area contributed by atoms with E-state index in [1.54, 1.807) is 23.2 Å². The topological polar surface area (TPSA) is 57.0 Å². The van der Waals surface area contributed by atoms with Gasteiger partial charge in [-0.15, -0.1) is 0 Å². The average Bonchev–Trinajstić information content (AvgIpc) is 2.39. The van der Waals surface area contributed by atoms with Gasteiger partial charge in [-0.05, 0) is 31.9 Å². The lowest BCUT2D eigenvalue weighted by Gasteiger charge is -2.35. The molecule has 0 unspecified atom stereocenters. The summed E-state index contributed by atoms with van der Waals surface area (Å²) >= 11 is 5.91. The average molecular weight is 264 g/mol. The minimum atomic E-state index is -0.310. The summed E-state index contributed by atoms with van der Waals surface area (Å²) < 4.78 is 0. The summed E-state index contributed by atoms with van der Waals surface area (Å²) in [7, 11) is 0. The maximum absolute atomic E-state index is 12.2. The van der Waals surface area contributed by atoms with Crippen molar-refractivity contribution in [1.29, 1.82) is 5.26 Å². The molecule has 0 saturated carbocycles. The maximum Gasteiger partial charge on any atom is 0.256 e. The molecule has 18 heavy (non-hydrogen) atoms. The van der Waals surface area contributed by atoms with Gasteiger partial charge < -0.3 is 4.90 Å². The Balaban J connectivity index is 2.10. The van der Waals surface area contributed by atoms with Gasteiger partial charge in [-0.3, -0.25) is 4.79 Å². The molecule has 1 aliphatic rings. The third kappa shape index (κ3) is 2.46. The quantitative estimate of drug-likeness (QED) is 0.732. The minimum Gasteiger partial charge on any atom is -0.338 e. The Morgan fingerprint density at radius 1 is 1.56 bits per heavy atom. The second-order valence-corrected chi connectivity index (χ2v) is 5.16. The lowest BCUT2D eigenvalue weighted by molar-refractivity contribution is 0.0661. The minimum absolute atomic E-state index is 0.104. The lowest BCUT2D eigenvalue weighted by Crippen LogP contribution is -2.41.